The lowest BCUT2D eigenvalue weighted by molar-refractivity contribution is 0.259. The van der Waals surface area contributed by atoms with Crippen molar-refractivity contribution in [2.45, 2.75) is 26.4 Å². The van der Waals surface area contributed by atoms with Gasteiger partial charge in [-0.1, -0.05) is 64.0 Å². The highest BCUT2D eigenvalue weighted by atomic mass is 79.9. The molecular weight excluding hydrogens is 414 g/mol. The van der Waals surface area contributed by atoms with E-state index in [1.54, 1.807) is 13.2 Å². The molecule has 1 N–H and O–H groups in total. The van der Waals surface area contributed by atoms with Crippen LogP contribution < -0.4 is 4.74 Å². The first-order valence-electron chi connectivity index (χ1n) is 9.42. The van der Waals surface area contributed by atoms with Crippen LogP contribution in [0.1, 0.15) is 22.3 Å². The number of phenolic OH excluding ortho intramolecular Hbond substituents is 1. The van der Waals surface area contributed by atoms with Crippen molar-refractivity contribution in [1.82, 2.24) is 4.90 Å². The van der Waals surface area contributed by atoms with Gasteiger partial charge in [0.2, 0.25) is 0 Å². The third kappa shape index (κ3) is 5.85. The quantitative estimate of drug-likeness (QED) is 0.487. The molecule has 0 atom stereocenters. The van der Waals surface area contributed by atoms with Gasteiger partial charge >= 0.3 is 0 Å². The van der Waals surface area contributed by atoms with E-state index in [-0.39, 0.29) is 5.75 Å². The highest BCUT2D eigenvalue weighted by Gasteiger charge is 2.10. The first kappa shape index (κ1) is 20.4. The van der Waals surface area contributed by atoms with Crippen molar-refractivity contribution in [3.05, 3.63) is 93.5 Å². The first-order valence-corrected chi connectivity index (χ1v) is 10.2. The van der Waals surface area contributed by atoms with Crippen LogP contribution in [-0.2, 0) is 19.5 Å². The van der Waals surface area contributed by atoms with Crippen molar-refractivity contribution in [3.63, 3.8) is 0 Å². The SMILES string of the molecule is COc1ccc(CN(CCc2ccc(Br)cc2)Cc2ccc(C)cc2)cc1O. The molecule has 0 spiro atoms. The van der Waals surface area contributed by atoms with Crippen LogP contribution in [0.2, 0.25) is 0 Å². The Morgan fingerprint density at radius 3 is 2.11 bits per heavy atom. The standard InChI is InChI=1S/C24H26BrNO2/c1-18-3-5-20(6-4-18)16-26(14-13-19-7-10-22(25)11-8-19)17-21-9-12-24(28-2)23(27)15-21/h3-12,15,27H,13-14,16-17H2,1-2H3. The highest BCUT2D eigenvalue weighted by molar-refractivity contribution is 9.10. The third-order valence-corrected chi connectivity index (χ3v) is 5.33. The average molecular weight is 440 g/mol. The summed E-state index contributed by atoms with van der Waals surface area (Å²) < 4.78 is 6.26. The van der Waals surface area contributed by atoms with E-state index in [0.717, 1.165) is 36.1 Å². The van der Waals surface area contributed by atoms with Crippen molar-refractivity contribution < 1.29 is 9.84 Å². The fraction of sp³-hybridized carbons (Fsp3) is 0.250. The highest BCUT2D eigenvalue weighted by Crippen LogP contribution is 2.27. The zero-order valence-electron chi connectivity index (χ0n) is 16.4. The van der Waals surface area contributed by atoms with Crippen LogP contribution in [0.25, 0.3) is 0 Å². The largest absolute Gasteiger partial charge is 0.504 e. The van der Waals surface area contributed by atoms with Crippen molar-refractivity contribution in [2.24, 2.45) is 0 Å². The Morgan fingerprint density at radius 1 is 0.857 bits per heavy atom. The zero-order chi connectivity index (χ0) is 19.9. The van der Waals surface area contributed by atoms with E-state index in [1.165, 1.54) is 16.7 Å². The zero-order valence-corrected chi connectivity index (χ0v) is 17.9. The third-order valence-electron chi connectivity index (χ3n) is 4.81. The fourth-order valence-electron chi connectivity index (χ4n) is 3.20. The Hall–Kier alpha value is -2.30. The molecule has 0 unspecified atom stereocenters. The number of ether oxygens (including phenoxy) is 1. The molecule has 0 heterocycles. The summed E-state index contributed by atoms with van der Waals surface area (Å²) in [6.45, 7) is 4.67. The Balaban J connectivity index is 1.73. The molecule has 3 nitrogen and oxygen atoms in total. The summed E-state index contributed by atoms with van der Waals surface area (Å²) in [5.41, 5.74) is 4.94. The molecule has 3 aromatic rings. The van der Waals surface area contributed by atoms with E-state index in [4.69, 9.17) is 4.74 Å². The second-order valence-corrected chi connectivity index (χ2v) is 7.99. The van der Waals surface area contributed by atoms with Crippen LogP contribution >= 0.6 is 15.9 Å². The number of halogens is 1. The lowest BCUT2D eigenvalue weighted by atomic mass is 10.1. The summed E-state index contributed by atoms with van der Waals surface area (Å²) >= 11 is 3.49. The van der Waals surface area contributed by atoms with Gasteiger partial charge in [0.1, 0.15) is 0 Å². The van der Waals surface area contributed by atoms with Gasteiger partial charge in [0, 0.05) is 24.1 Å². The molecule has 0 saturated heterocycles. The summed E-state index contributed by atoms with van der Waals surface area (Å²) in [7, 11) is 1.57. The van der Waals surface area contributed by atoms with Gasteiger partial charge in [0.05, 0.1) is 7.11 Å². The minimum absolute atomic E-state index is 0.184. The van der Waals surface area contributed by atoms with E-state index in [9.17, 15) is 5.11 Å². The minimum Gasteiger partial charge on any atom is -0.504 e. The molecule has 3 aromatic carbocycles. The number of rotatable bonds is 8. The van der Waals surface area contributed by atoms with Crippen molar-refractivity contribution in [2.75, 3.05) is 13.7 Å². The van der Waals surface area contributed by atoms with Crippen LogP contribution in [0.5, 0.6) is 11.5 Å². The summed E-state index contributed by atoms with van der Waals surface area (Å²) in [6, 6.07) is 22.8. The molecule has 0 radical (unpaired) electrons. The van der Waals surface area contributed by atoms with Gasteiger partial charge in [-0.25, -0.2) is 0 Å². The number of phenols is 1. The monoisotopic (exact) mass is 439 g/mol. The van der Waals surface area contributed by atoms with Crippen LogP contribution in [0.3, 0.4) is 0 Å². The summed E-state index contributed by atoms with van der Waals surface area (Å²) in [5.74, 6) is 0.687. The maximum Gasteiger partial charge on any atom is 0.160 e. The predicted molar refractivity (Wildman–Crippen MR) is 118 cm³/mol. The molecule has 0 amide bonds. The minimum atomic E-state index is 0.184. The van der Waals surface area contributed by atoms with Crippen molar-refractivity contribution >= 4 is 15.9 Å². The van der Waals surface area contributed by atoms with Gasteiger partial charge < -0.3 is 9.84 Å². The number of hydrogen-bond donors (Lipinski definition) is 1. The van der Waals surface area contributed by atoms with Gasteiger partial charge in [-0.15, -0.1) is 0 Å². The molecular formula is C24H26BrNO2. The van der Waals surface area contributed by atoms with Crippen molar-refractivity contribution in [1.29, 1.82) is 0 Å². The number of aromatic hydroxyl groups is 1. The average Bonchev–Trinajstić information content (AvgIpc) is 2.69. The van der Waals surface area contributed by atoms with E-state index >= 15 is 0 Å². The summed E-state index contributed by atoms with van der Waals surface area (Å²) in [6.07, 6.45) is 0.973. The van der Waals surface area contributed by atoms with Crippen LogP contribution in [0, 0.1) is 6.92 Å². The predicted octanol–water partition coefficient (Wildman–Crippen LogP) is 5.72. The second-order valence-electron chi connectivity index (χ2n) is 7.08. The molecule has 0 fully saturated rings. The molecule has 4 heteroatoms. The van der Waals surface area contributed by atoms with E-state index < -0.39 is 0 Å². The van der Waals surface area contributed by atoms with Gasteiger partial charge in [-0.05, 0) is 54.3 Å². The maximum atomic E-state index is 10.1. The van der Waals surface area contributed by atoms with Gasteiger partial charge in [0.25, 0.3) is 0 Å². The van der Waals surface area contributed by atoms with E-state index in [0.29, 0.717) is 5.75 Å². The van der Waals surface area contributed by atoms with E-state index in [1.807, 2.05) is 12.1 Å². The van der Waals surface area contributed by atoms with Crippen LogP contribution in [0.4, 0.5) is 0 Å². The normalized spacial score (nSPS) is 11.0. The molecule has 28 heavy (non-hydrogen) atoms. The van der Waals surface area contributed by atoms with Gasteiger partial charge in [-0.2, -0.15) is 0 Å². The second kappa shape index (κ2) is 9.76. The Kier molecular flexibility index (Phi) is 7.12. The number of benzene rings is 3. The molecule has 0 aliphatic heterocycles. The molecule has 3 rings (SSSR count). The smallest absolute Gasteiger partial charge is 0.160 e. The molecule has 0 saturated carbocycles. The Bertz CT molecular complexity index is 891. The summed E-state index contributed by atoms with van der Waals surface area (Å²) in [5, 5.41) is 10.1. The number of nitrogens with zero attached hydrogens (tertiary/aromatic N) is 1. The molecule has 146 valence electrons. The fourth-order valence-corrected chi connectivity index (χ4v) is 3.46. The van der Waals surface area contributed by atoms with Crippen molar-refractivity contribution in [3.8, 4) is 11.5 Å². The Morgan fingerprint density at radius 2 is 1.46 bits per heavy atom. The van der Waals surface area contributed by atoms with Crippen LogP contribution in [0.15, 0.2) is 71.2 Å². The van der Waals surface area contributed by atoms with Gasteiger partial charge in [0.15, 0.2) is 11.5 Å². The number of methoxy groups -OCH3 is 1. The number of aryl methyl sites for hydroxylation is 1. The van der Waals surface area contributed by atoms with E-state index in [2.05, 4.69) is 76.3 Å². The molecule has 0 bridgehead atoms. The maximum absolute atomic E-state index is 10.1. The topological polar surface area (TPSA) is 32.7 Å². The lowest BCUT2D eigenvalue weighted by Gasteiger charge is -2.23. The first-order chi connectivity index (χ1) is 13.5. The van der Waals surface area contributed by atoms with Gasteiger partial charge in [-0.3, -0.25) is 4.90 Å². The Labute approximate surface area is 175 Å². The number of hydrogen-bond acceptors (Lipinski definition) is 3. The summed E-state index contributed by atoms with van der Waals surface area (Å²) in [4.78, 5) is 2.41. The lowest BCUT2D eigenvalue weighted by Crippen LogP contribution is -2.25. The molecule has 0 aliphatic carbocycles. The van der Waals surface area contributed by atoms with Crippen LogP contribution in [-0.4, -0.2) is 23.7 Å². The molecule has 0 aromatic heterocycles. The molecule has 0 aliphatic rings.